The molecule has 1 saturated heterocycles. The summed E-state index contributed by atoms with van der Waals surface area (Å²) in [5.41, 5.74) is 0. The van der Waals surface area contributed by atoms with Crippen molar-refractivity contribution < 1.29 is 24.8 Å². The molecule has 3 N–H and O–H groups in total. The summed E-state index contributed by atoms with van der Waals surface area (Å²) < 4.78 is 10.6. The van der Waals surface area contributed by atoms with E-state index in [9.17, 15) is 15.3 Å². The van der Waals surface area contributed by atoms with Crippen LogP contribution in [0.15, 0.2) is 12.2 Å². The summed E-state index contributed by atoms with van der Waals surface area (Å²) in [4.78, 5) is 0. The number of allylic oxidation sites excluding steroid dienone is 2. The predicted molar refractivity (Wildman–Crippen MR) is 104 cm³/mol. The average Bonchev–Trinajstić information content (AvgIpc) is 2.97. The Kier molecular flexibility index (Phi) is 14.1. The van der Waals surface area contributed by atoms with Gasteiger partial charge in [0.1, 0.15) is 24.4 Å². The van der Waals surface area contributed by atoms with Gasteiger partial charge in [0.2, 0.25) is 0 Å². The van der Waals surface area contributed by atoms with Gasteiger partial charge in [-0.1, -0.05) is 64.0 Å². The first-order valence-electron chi connectivity index (χ1n) is 10.5. The summed E-state index contributed by atoms with van der Waals surface area (Å²) in [6.07, 6.45) is 14.7. The predicted octanol–water partition coefficient (Wildman–Crippen LogP) is 3.35. The molecule has 1 aliphatic heterocycles. The average molecular weight is 373 g/mol. The normalized spacial score (nSPS) is 24.5. The van der Waals surface area contributed by atoms with Gasteiger partial charge in [0.15, 0.2) is 0 Å². The molecule has 0 amide bonds. The SMILES string of the molecule is CCCC/C=C/CCCCCCCCCOC[C@@H](O)[C@@H]1OC[C@H](O)[C@@H]1O. The van der Waals surface area contributed by atoms with Gasteiger partial charge in [-0.3, -0.25) is 0 Å². The molecule has 0 unspecified atom stereocenters. The Balaban J connectivity index is 1.81. The summed E-state index contributed by atoms with van der Waals surface area (Å²) in [7, 11) is 0. The van der Waals surface area contributed by atoms with Crippen LogP contribution in [-0.2, 0) is 9.47 Å². The van der Waals surface area contributed by atoms with Gasteiger partial charge in [-0.15, -0.1) is 0 Å². The van der Waals surface area contributed by atoms with E-state index >= 15 is 0 Å². The highest BCUT2D eigenvalue weighted by atomic mass is 16.5. The zero-order valence-corrected chi connectivity index (χ0v) is 16.5. The molecule has 1 aliphatic rings. The van der Waals surface area contributed by atoms with Gasteiger partial charge in [-0.2, -0.15) is 0 Å². The Morgan fingerprint density at radius 3 is 2.19 bits per heavy atom. The summed E-state index contributed by atoms with van der Waals surface area (Å²) in [6.45, 7) is 3.05. The Hall–Kier alpha value is -0.460. The third-order valence-electron chi connectivity index (χ3n) is 4.91. The molecule has 1 fully saturated rings. The minimum Gasteiger partial charge on any atom is -0.388 e. The third-order valence-corrected chi connectivity index (χ3v) is 4.91. The molecule has 4 atom stereocenters. The molecule has 154 valence electrons. The molecule has 1 heterocycles. The Labute approximate surface area is 159 Å². The number of ether oxygens (including phenoxy) is 2. The van der Waals surface area contributed by atoms with E-state index in [1.807, 2.05) is 0 Å². The fourth-order valence-electron chi connectivity index (χ4n) is 3.17. The summed E-state index contributed by atoms with van der Waals surface area (Å²) in [5.74, 6) is 0. The Morgan fingerprint density at radius 1 is 0.962 bits per heavy atom. The number of aliphatic hydroxyl groups is 3. The number of hydrogen-bond donors (Lipinski definition) is 3. The van der Waals surface area contributed by atoms with Crippen LogP contribution in [0.3, 0.4) is 0 Å². The van der Waals surface area contributed by atoms with Crippen LogP contribution in [0.5, 0.6) is 0 Å². The van der Waals surface area contributed by atoms with Crippen molar-refractivity contribution in [1.29, 1.82) is 0 Å². The largest absolute Gasteiger partial charge is 0.388 e. The lowest BCUT2D eigenvalue weighted by atomic mass is 10.1. The molecule has 5 heteroatoms. The molecule has 0 radical (unpaired) electrons. The third kappa shape index (κ3) is 10.6. The van der Waals surface area contributed by atoms with Crippen LogP contribution in [0.1, 0.15) is 77.6 Å². The Morgan fingerprint density at radius 2 is 1.58 bits per heavy atom. The fraction of sp³-hybridized carbons (Fsp3) is 0.905. The quantitative estimate of drug-likeness (QED) is 0.286. The molecule has 0 saturated carbocycles. The lowest BCUT2D eigenvalue weighted by Gasteiger charge is -2.20. The summed E-state index contributed by atoms with van der Waals surface area (Å²) in [6, 6.07) is 0. The van der Waals surface area contributed by atoms with Gasteiger partial charge >= 0.3 is 0 Å². The van der Waals surface area contributed by atoms with Crippen molar-refractivity contribution in [2.24, 2.45) is 0 Å². The second kappa shape index (κ2) is 15.6. The van der Waals surface area contributed by atoms with Crippen LogP contribution in [0.4, 0.5) is 0 Å². The zero-order valence-electron chi connectivity index (χ0n) is 16.5. The fourth-order valence-corrected chi connectivity index (χ4v) is 3.17. The van der Waals surface area contributed by atoms with E-state index in [0.717, 1.165) is 12.8 Å². The second-order valence-corrected chi connectivity index (χ2v) is 7.38. The standard InChI is InChI=1S/C21H40O5/c1-2-3-4-5-6-7-8-9-10-11-12-13-14-15-25-16-19(23)21-20(24)18(22)17-26-21/h5-6,18-24H,2-4,7-17H2,1H3/b6-5+/t18-,19+,20-,21-/m0/s1. The van der Waals surface area contributed by atoms with Crippen LogP contribution in [0.2, 0.25) is 0 Å². The Bertz CT molecular complexity index is 347. The topological polar surface area (TPSA) is 79.2 Å². The van der Waals surface area contributed by atoms with Gasteiger partial charge in [-0.05, 0) is 25.7 Å². The maximum atomic E-state index is 9.92. The van der Waals surface area contributed by atoms with Crippen molar-refractivity contribution in [3.05, 3.63) is 12.2 Å². The number of hydrogen-bond acceptors (Lipinski definition) is 5. The van der Waals surface area contributed by atoms with Crippen molar-refractivity contribution in [3.63, 3.8) is 0 Å². The van der Waals surface area contributed by atoms with Crippen LogP contribution >= 0.6 is 0 Å². The van der Waals surface area contributed by atoms with Crippen molar-refractivity contribution in [2.75, 3.05) is 19.8 Å². The van der Waals surface area contributed by atoms with Crippen molar-refractivity contribution in [1.82, 2.24) is 0 Å². The first kappa shape index (κ1) is 23.6. The van der Waals surface area contributed by atoms with Gasteiger partial charge in [-0.25, -0.2) is 0 Å². The van der Waals surface area contributed by atoms with Crippen LogP contribution in [0, 0.1) is 0 Å². The molecular weight excluding hydrogens is 332 g/mol. The first-order chi connectivity index (χ1) is 12.7. The van der Waals surface area contributed by atoms with Crippen LogP contribution in [-0.4, -0.2) is 59.6 Å². The molecule has 0 spiro atoms. The van der Waals surface area contributed by atoms with E-state index in [1.165, 1.54) is 57.8 Å². The van der Waals surface area contributed by atoms with E-state index in [2.05, 4.69) is 19.1 Å². The van der Waals surface area contributed by atoms with Crippen molar-refractivity contribution in [2.45, 2.75) is 102 Å². The maximum Gasteiger partial charge on any atom is 0.114 e. The van der Waals surface area contributed by atoms with Crippen molar-refractivity contribution in [3.8, 4) is 0 Å². The smallest absolute Gasteiger partial charge is 0.114 e. The number of rotatable bonds is 16. The monoisotopic (exact) mass is 372 g/mol. The van der Waals surface area contributed by atoms with E-state index in [-0.39, 0.29) is 13.2 Å². The molecule has 26 heavy (non-hydrogen) atoms. The molecule has 0 aromatic rings. The molecule has 0 aliphatic carbocycles. The highest BCUT2D eigenvalue weighted by Crippen LogP contribution is 2.18. The second-order valence-electron chi connectivity index (χ2n) is 7.38. The van der Waals surface area contributed by atoms with Crippen LogP contribution < -0.4 is 0 Å². The molecule has 0 aromatic carbocycles. The van der Waals surface area contributed by atoms with E-state index in [1.54, 1.807) is 0 Å². The zero-order chi connectivity index (χ0) is 19.0. The van der Waals surface area contributed by atoms with E-state index < -0.39 is 24.4 Å². The highest BCUT2D eigenvalue weighted by molar-refractivity contribution is 4.87. The van der Waals surface area contributed by atoms with Crippen molar-refractivity contribution >= 4 is 0 Å². The molecule has 5 nitrogen and oxygen atoms in total. The lowest BCUT2D eigenvalue weighted by molar-refractivity contribution is -0.0813. The highest BCUT2D eigenvalue weighted by Gasteiger charge is 2.39. The summed E-state index contributed by atoms with van der Waals surface area (Å²) in [5, 5.41) is 29.0. The van der Waals surface area contributed by atoms with Gasteiger partial charge < -0.3 is 24.8 Å². The van der Waals surface area contributed by atoms with E-state index in [4.69, 9.17) is 9.47 Å². The minimum absolute atomic E-state index is 0.0675. The maximum absolute atomic E-state index is 9.92. The van der Waals surface area contributed by atoms with E-state index in [0.29, 0.717) is 6.61 Å². The lowest BCUT2D eigenvalue weighted by Crippen LogP contribution is -2.40. The first-order valence-corrected chi connectivity index (χ1v) is 10.5. The molecule has 0 aromatic heterocycles. The molecule has 0 bridgehead atoms. The minimum atomic E-state index is -1.03. The van der Waals surface area contributed by atoms with Crippen LogP contribution in [0.25, 0.3) is 0 Å². The number of aliphatic hydroxyl groups excluding tert-OH is 3. The number of unbranched alkanes of at least 4 members (excludes halogenated alkanes) is 9. The summed E-state index contributed by atoms with van der Waals surface area (Å²) >= 11 is 0. The molecule has 1 rings (SSSR count). The molecular formula is C21H40O5. The van der Waals surface area contributed by atoms with Gasteiger partial charge in [0, 0.05) is 6.61 Å². The van der Waals surface area contributed by atoms with Gasteiger partial charge in [0.05, 0.1) is 13.2 Å². The van der Waals surface area contributed by atoms with Gasteiger partial charge in [0.25, 0.3) is 0 Å².